The third-order valence-corrected chi connectivity index (χ3v) is 5.48. The highest BCUT2D eigenvalue weighted by molar-refractivity contribution is 7.09. The zero-order valence-electron chi connectivity index (χ0n) is 13.5. The van der Waals surface area contributed by atoms with E-state index in [1.165, 1.54) is 24.4 Å². The zero-order valence-corrected chi connectivity index (χ0v) is 14.3. The molecule has 1 aromatic rings. The Morgan fingerprint density at radius 3 is 3.09 bits per heavy atom. The van der Waals surface area contributed by atoms with E-state index in [0.29, 0.717) is 0 Å². The maximum absolute atomic E-state index is 5.96. The molecule has 124 valence electrons. The second-order valence-electron chi connectivity index (χ2n) is 6.56. The average Bonchev–Trinajstić information content (AvgIpc) is 2.94. The number of piperidine rings is 1. The highest BCUT2D eigenvalue weighted by Crippen LogP contribution is 2.33. The maximum Gasteiger partial charge on any atom is 0.107 e. The number of ether oxygens (including phenoxy) is 2. The Morgan fingerprint density at radius 2 is 2.27 bits per heavy atom. The lowest BCUT2D eigenvalue weighted by Crippen LogP contribution is -2.50. The maximum atomic E-state index is 5.96. The van der Waals surface area contributed by atoms with Gasteiger partial charge in [-0.3, -0.25) is 9.80 Å². The normalized spacial score (nSPS) is 28.0. The van der Waals surface area contributed by atoms with E-state index in [-0.39, 0.29) is 5.41 Å². The van der Waals surface area contributed by atoms with Crippen molar-refractivity contribution < 1.29 is 9.47 Å². The van der Waals surface area contributed by atoms with Crippen LogP contribution >= 0.6 is 11.3 Å². The molecule has 2 fully saturated rings. The summed E-state index contributed by atoms with van der Waals surface area (Å²) in [5.74, 6) is 0. The number of likely N-dealkylation sites (tertiary alicyclic amines) is 1. The Kier molecular flexibility index (Phi) is 5.82. The highest BCUT2D eigenvalue weighted by atomic mass is 32.1. The molecule has 1 spiro atoms. The molecule has 1 unspecified atom stereocenters. The summed E-state index contributed by atoms with van der Waals surface area (Å²) in [5, 5.41) is 3.29. The first-order valence-corrected chi connectivity index (χ1v) is 9.07. The summed E-state index contributed by atoms with van der Waals surface area (Å²) < 4.78 is 11.2. The molecule has 22 heavy (non-hydrogen) atoms. The van der Waals surface area contributed by atoms with Crippen LogP contribution in [0.15, 0.2) is 11.6 Å². The zero-order chi connectivity index (χ0) is 15.3. The van der Waals surface area contributed by atoms with Crippen molar-refractivity contribution in [1.82, 2.24) is 14.8 Å². The molecule has 6 heteroatoms. The molecule has 1 aromatic heterocycles. The fourth-order valence-corrected chi connectivity index (χ4v) is 4.36. The first kappa shape index (κ1) is 16.3. The van der Waals surface area contributed by atoms with Crippen LogP contribution in [0.1, 0.15) is 17.8 Å². The van der Waals surface area contributed by atoms with Gasteiger partial charge in [-0.25, -0.2) is 4.98 Å². The smallest absolute Gasteiger partial charge is 0.107 e. The van der Waals surface area contributed by atoms with Gasteiger partial charge in [0.25, 0.3) is 0 Å². The summed E-state index contributed by atoms with van der Waals surface area (Å²) >= 11 is 1.76. The van der Waals surface area contributed by atoms with E-state index in [4.69, 9.17) is 9.47 Å². The van der Waals surface area contributed by atoms with Crippen molar-refractivity contribution in [3.63, 3.8) is 0 Å². The van der Waals surface area contributed by atoms with Crippen LogP contribution < -0.4 is 0 Å². The summed E-state index contributed by atoms with van der Waals surface area (Å²) in [7, 11) is 1.78. The topological polar surface area (TPSA) is 37.8 Å². The van der Waals surface area contributed by atoms with Crippen molar-refractivity contribution in [3.05, 3.63) is 16.6 Å². The number of methoxy groups -OCH3 is 1. The summed E-state index contributed by atoms with van der Waals surface area (Å²) in [6.07, 6.45) is 4.43. The van der Waals surface area contributed by atoms with Gasteiger partial charge in [-0.2, -0.15) is 0 Å². The summed E-state index contributed by atoms with van der Waals surface area (Å²) in [6, 6.07) is 0. The minimum Gasteiger partial charge on any atom is -0.383 e. The van der Waals surface area contributed by atoms with E-state index in [1.54, 1.807) is 18.4 Å². The highest BCUT2D eigenvalue weighted by Gasteiger charge is 2.38. The molecular formula is C16H27N3O2S. The number of hydrogen-bond donors (Lipinski definition) is 0. The van der Waals surface area contributed by atoms with Crippen molar-refractivity contribution in [2.75, 3.05) is 59.7 Å². The third kappa shape index (κ3) is 4.26. The molecule has 2 saturated heterocycles. The standard InChI is InChI=1S/C16H27N3O2S/c1-20-8-6-18-7-9-21-14-16(12-18)3-2-5-19(13-16)11-15-17-4-10-22-15/h4,10H,2-3,5-9,11-14H2,1H3. The molecule has 1 atom stereocenters. The van der Waals surface area contributed by atoms with Crippen LogP contribution in [0, 0.1) is 5.41 Å². The Hall–Kier alpha value is -0.530. The predicted octanol–water partition coefficient (Wildman–Crippen LogP) is 1.70. The number of aromatic nitrogens is 1. The van der Waals surface area contributed by atoms with Crippen LogP contribution in [0.4, 0.5) is 0 Å². The first-order chi connectivity index (χ1) is 10.8. The quantitative estimate of drug-likeness (QED) is 0.824. The molecule has 0 bridgehead atoms. The van der Waals surface area contributed by atoms with Crippen LogP contribution in [0.5, 0.6) is 0 Å². The lowest BCUT2D eigenvalue weighted by Gasteiger charge is -2.43. The Bertz CT molecular complexity index is 443. The molecule has 3 rings (SSSR count). The Labute approximate surface area is 137 Å². The van der Waals surface area contributed by atoms with Crippen LogP contribution in [0.2, 0.25) is 0 Å². The largest absolute Gasteiger partial charge is 0.383 e. The second kappa shape index (κ2) is 7.84. The number of thiazole rings is 1. The number of nitrogens with zero attached hydrogens (tertiary/aromatic N) is 3. The van der Waals surface area contributed by atoms with Crippen molar-refractivity contribution >= 4 is 11.3 Å². The van der Waals surface area contributed by atoms with E-state index in [2.05, 4.69) is 20.2 Å². The molecule has 0 saturated carbocycles. The van der Waals surface area contributed by atoms with Gasteiger partial charge in [-0.15, -0.1) is 11.3 Å². The first-order valence-electron chi connectivity index (χ1n) is 8.19. The van der Waals surface area contributed by atoms with Gasteiger partial charge in [0, 0.05) is 50.3 Å². The Morgan fingerprint density at radius 1 is 1.36 bits per heavy atom. The van der Waals surface area contributed by atoms with Crippen molar-refractivity contribution in [2.45, 2.75) is 19.4 Å². The van der Waals surface area contributed by atoms with Gasteiger partial charge in [0.05, 0.1) is 26.4 Å². The van der Waals surface area contributed by atoms with Gasteiger partial charge < -0.3 is 9.47 Å². The molecule has 2 aliphatic rings. The van der Waals surface area contributed by atoms with Crippen molar-refractivity contribution in [2.24, 2.45) is 5.41 Å². The molecular weight excluding hydrogens is 298 g/mol. The summed E-state index contributed by atoms with van der Waals surface area (Å²) in [5.41, 5.74) is 0.278. The number of hydrogen-bond acceptors (Lipinski definition) is 6. The van der Waals surface area contributed by atoms with E-state index >= 15 is 0 Å². The van der Waals surface area contributed by atoms with Gasteiger partial charge >= 0.3 is 0 Å². The van der Waals surface area contributed by atoms with Crippen molar-refractivity contribution in [1.29, 1.82) is 0 Å². The number of rotatable bonds is 5. The molecule has 2 aliphatic heterocycles. The van der Waals surface area contributed by atoms with Crippen LogP contribution in [-0.2, 0) is 16.0 Å². The Balaban J connectivity index is 1.62. The van der Waals surface area contributed by atoms with Gasteiger partial charge in [-0.05, 0) is 19.4 Å². The van der Waals surface area contributed by atoms with Crippen LogP contribution in [-0.4, -0.2) is 74.4 Å². The van der Waals surface area contributed by atoms with Gasteiger partial charge in [0.15, 0.2) is 0 Å². The van der Waals surface area contributed by atoms with E-state index < -0.39 is 0 Å². The lowest BCUT2D eigenvalue weighted by atomic mass is 9.80. The molecule has 0 aliphatic carbocycles. The van der Waals surface area contributed by atoms with Gasteiger partial charge in [-0.1, -0.05) is 0 Å². The third-order valence-electron chi connectivity index (χ3n) is 4.71. The minimum absolute atomic E-state index is 0.278. The summed E-state index contributed by atoms with van der Waals surface area (Å²) in [4.78, 5) is 9.51. The molecule has 0 amide bonds. The van der Waals surface area contributed by atoms with Crippen molar-refractivity contribution in [3.8, 4) is 0 Å². The summed E-state index contributed by atoms with van der Waals surface area (Å²) in [6.45, 7) is 8.99. The van der Waals surface area contributed by atoms with Gasteiger partial charge in [0.1, 0.15) is 5.01 Å². The molecule has 3 heterocycles. The fourth-order valence-electron chi connectivity index (χ4n) is 3.71. The van der Waals surface area contributed by atoms with Crippen LogP contribution in [0.3, 0.4) is 0 Å². The fraction of sp³-hybridized carbons (Fsp3) is 0.812. The van der Waals surface area contributed by atoms with Gasteiger partial charge in [0.2, 0.25) is 0 Å². The van der Waals surface area contributed by atoms with E-state index in [1.807, 2.05) is 6.20 Å². The van der Waals surface area contributed by atoms with E-state index in [9.17, 15) is 0 Å². The molecule has 0 aromatic carbocycles. The lowest BCUT2D eigenvalue weighted by molar-refractivity contribution is 0.00162. The molecule has 0 N–H and O–H groups in total. The predicted molar refractivity (Wildman–Crippen MR) is 88.2 cm³/mol. The SMILES string of the molecule is COCCN1CCOCC2(CCCN(Cc3nccs3)C2)C1. The monoisotopic (exact) mass is 325 g/mol. The van der Waals surface area contributed by atoms with E-state index in [0.717, 1.165) is 52.5 Å². The molecule has 5 nitrogen and oxygen atoms in total. The second-order valence-corrected chi connectivity index (χ2v) is 7.54. The molecule has 0 radical (unpaired) electrons. The van der Waals surface area contributed by atoms with Crippen LogP contribution in [0.25, 0.3) is 0 Å². The minimum atomic E-state index is 0.278. The average molecular weight is 325 g/mol.